The Morgan fingerprint density at radius 1 is 1.21 bits per heavy atom. The van der Waals surface area contributed by atoms with Crippen LogP contribution in [0.1, 0.15) is 41.0 Å². The number of likely N-dealkylation sites (tertiary alicyclic amines) is 1. The highest BCUT2D eigenvalue weighted by molar-refractivity contribution is 5.91. The third kappa shape index (κ3) is 2.37. The molecule has 108 valence electrons. The summed E-state index contributed by atoms with van der Waals surface area (Å²) in [6, 6.07) is 0. The van der Waals surface area contributed by atoms with Gasteiger partial charge in [0.25, 0.3) is 0 Å². The first-order valence-corrected chi connectivity index (χ1v) is 7.08. The molecule has 0 radical (unpaired) electrons. The average molecular weight is 267 g/mol. The molecule has 0 aromatic heterocycles. The van der Waals surface area contributed by atoms with Gasteiger partial charge in [-0.25, -0.2) is 0 Å². The van der Waals surface area contributed by atoms with Crippen molar-refractivity contribution in [3.8, 4) is 0 Å². The fraction of sp³-hybridized carbons (Fsp3) is 0.867. The number of carboxylic acids is 1. The van der Waals surface area contributed by atoms with Crippen LogP contribution in [-0.2, 0) is 9.59 Å². The summed E-state index contributed by atoms with van der Waals surface area (Å²) in [5, 5.41) is 9.16. The predicted octanol–water partition coefficient (Wildman–Crippen LogP) is 2.24. The Morgan fingerprint density at radius 2 is 1.79 bits per heavy atom. The van der Waals surface area contributed by atoms with Crippen molar-refractivity contribution in [1.82, 2.24) is 4.90 Å². The lowest BCUT2D eigenvalue weighted by Gasteiger charge is -2.27. The normalized spacial score (nSPS) is 33.3. The van der Waals surface area contributed by atoms with E-state index in [0.717, 1.165) is 19.5 Å². The van der Waals surface area contributed by atoms with Crippen LogP contribution >= 0.6 is 0 Å². The fourth-order valence-corrected chi connectivity index (χ4v) is 3.42. The molecule has 1 saturated heterocycles. The van der Waals surface area contributed by atoms with Crippen LogP contribution in [0, 0.1) is 28.6 Å². The number of hydrogen-bond donors (Lipinski definition) is 1. The SMILES string of the molecule is CC(C)(C)C1CCN(C(=O)[C@H]2[C@@H](C(=O)O)C2(C)C)C1. The van der Waals surface area contributed by atoms with Gasteiger partial charge in [0.1, 0.15) is 0 Å². The van der Waals surface area contributed by atoms with Crippen LogP contribution < -0.4 is 0 Å². The van der Waals surface area contributed by atoms with E-state index in [1.165, 1.54) is 0 Å². The van der Waals surface area contributed by atoms with E-state index in [2.05, 4.69) is 20.8 Å². The largest absolute Gasteiger partial charge is 0.481 e. The van der Waals surface area contributed by atoms with Crippen LogP contribution in [-0.4, -0.2) is 35.0 Å². The average Bonchev–Trinajstić information content (AvgIpc) is 2.64. The number of carboxylic acid groups (broad SMARTS) is 1. The van der Waals surface area contributed by atoms with Crippen LogP contribution in [0.5, 0.6) is 0 Å². The Hall–Kier alpha value is -1.06. The highest BCUT2D eigenvalue weighted by Crippen LogP contribution is 2.59. The zero-order chi connectivity index (χ0) is 14.6. The van der Waals surface area contributed by atoms with E-state index < -0.39 is 11.9 Å². The van der Waals surface area contributed by atoms with E-state index in [4.69, 9.17) is 5.11 Å². The van der Waals surface area contributed by atoms with Crippen molar-refractivity contribution in [3.63, 3.8) is 0 Å². The molecular weight excluding hydrogens is 242 g/mol. The van der Waals surface area contributed by atoms with Crippen molar-refractivity contribution in [2.45, 2.75) is 41.0 Å². The van der Waals surface area contributed by atoms with Gasteiger partial charge in [-0.15, -0.1) is 0 Å². The van der Waals surface area contributed by atoms with Crippen LogP contribution in [0.2, 0.25) is 0 Å². The van der Waals surface area contributed by atoms with E-state index in [9.17, 15) is 9.59 Å². The molecule has 1 aliphatic heterocycles. The topological polar surface area (TPSA) is 57.6 Å². The van der Waals surface area contributed by atoms with Gasteiger partial charge in [-0.1, -0.05) is 34.6 Å². The summed E-state index contributed by atoms with van der Waals surface area (Å²) in [6.07, 6.45) is 1.03. The molecule has 2 aliphatic rings. The van der Waals surface area contributed by atoms with E-state index in [1.54, 1.807) is 0 Å². The number of carbonyl (C=O) groups is 2. The van der Waals surface area contributed by atoms with Gasteiger partial charge in [-0.2, -0.15) is 0 Å². The minimum Gasteiger partial charge on any atom is -0.481 e. The maximum absolute atomic E-state index is 12.5. The summed E-state index contributed by atoms with van der Waals surface area (Å²) in [6.45, 7) is 11.9. The highest BCUT2D eigenvalue weighted by atomic mass is 16.4. The number of nitrogens with zero attached hydrogens (tertiary/aromatic N) is 1. The van der Waals surface area contributed by atoms with Gasteiger partial charge in [0, 0.05) is 13.1 Å². The molecule has 1 unspecified atom stereocenters. The van der Waals surface area contributed by atoms with E-state index in [0.29, 0.717) is 5.92 Å². The lowest BCUT2D eigenvalue weighted by Crippen LogP contribution is -2.33. The number of amides is 1. The molecule has 1 heterocycles. The Balaban J connectivity index is 2.02. The van der Waals surface area contributed by atoms with Crippen LogP contribution in [0.4, 0.5) is 0 Å². The second-order valence-corrected chi connectivity index (χ2v) is 7.75. The summed E-state index contributed by atoms with van der Waals surface area (Å²) in [5.41, 5.74) is -0.178. The molecule has 1 saturated carbocycles. The van der Waals surface area contributed by atoms with Gasteiger partial charge in [-0.05, 0) is 23.2 Å². The second kappa shape index (κ2) is 4.22. The van der Waals surface area contributed by atoms with Crippen molar-refractivity contribution < 1.29 is 14.7 Å². The lowest BCUT2D eigenvalue weighted by atomic mass is 9.80. The van der Waals surface area contributed by atoms with Crippen molar-refractivity contribution in [2.75, 3.05) is 13.1 Å². The first-order chi connectivity index (χ1) is 8.56. The number of hydrogen-bond acceptors (Lipinski definition) is 2. The van der Waals surface area contributed by atoms with E-state index in [-0.39, 0.29) is 22.7 Å². The van der Waals surface area contributed by atoms with Crippen LogP contribution in [0.3, 0.4) is 0 Å². The molecule has 2 fully saturated rings. The standard InChI is InChI=1S/C15H25NO3/c1-14(2,3)9-6-7-16(8-9)12(17)10-11(13(18)19)15(10,4)5/h9-11H,6-8H2,1-5H3,(H,18,19)/t9?,10-,11+/m1/s1. The fourth-order valence-electron chi connectivity index (χ4n) is 3.42. The quantitative estimate of drug-likeness (QED) is 0.834. The van der Waals surface area contributed by atoms with Crippen LogP contribution in [0.15, 0.2) is 0 Å². The Morgan fingerprint density at radius 3 is 2.16 bits per heavy atom. The summed E-state index contributed by atoms with van der Waals surface area (Å²) in [4.78, 5) is 25.5. The minimum atomic E-state index is -0.838. The summed E-state index contributed by atoms with van der Waals surface area (Å²) >= 11 is 0. The summed E-state index contributed by atoms with van der Waals surface area (Å²) in [5.74, 6) is -1.11. The zero-order valence-corrected chi connectivity index (χ0v) is 12.6. The number of aliphatic carboxylic acids is 1. The molecule has 2 rings (SSSR count). The monoisotopic (exact) mass is 267 g/mol. The van der Waals surface area contributed by atoms with E-state index >= 15 is 0 Å². The third-order valence-electron chi connectivity index (χ3n) is 5.08. The molecule has 4 nitrogen and oxygen atoms in total. The molecule has 19 heavy (non-hydrogen) atoms. The molecular formula is C15H25NO3. The summed E-state index contributed by atoms with van der Waals surface area (Å²) in [7, 11) is 0. The minimum absolute atomic E-state index is 0.0455. The molecule has 0 spiro atoms. The van der Waals surface area contributed by atoms with Gasteiger partial charge in [-0.3, -0.25) is 9.59 Å². The van der Waals surface area contributed by atoms with Crippen molar-refractivity contribution in [3.05, 3.63) is 0 Å². The van der Waals surface area contributed by atoms with Gasteiger partial charge in [0.15, 0.2) is 0 Å². The van der Waals surface area contributed by atoms with Crippen molar-refractivity contribution in [2.24, 2.45) is 28.6 Å². The Bertz CT molecular complexity index is 408. The van der Waals surface area contributed by atoms with Gasteiger partial charge >= 0.3 is 5.97 Å². The maximum Gasteiger partial charge on any atom is 0.307 e. The van der Waals surface area contributed by atoms with Gasteiger partial charge < -0.3 is 10.0 Å². The Kier molecular flexibility index (Phi) is 3.19. The number of carbonyl (C=O) groups excluding carboxylic acids is 1. The molecule has 1 amide bonds. The smallest absolute Gasteiger partial charge is 0.307 e. The van der Waals surface area contributed by atoms with Crippen molar-refractivity contribution >= 4 is 11.9 Å². The molecule has 1 N–H and O–H groups in total. The first-order valence-electron chi connectivity index (χ1n) is 7.08. The van der Waals surface area contributed by atoms with E-state index in [1.807, 2.05) is 18.7 Å². The van der Waals surface area contributed by atoms with Gasteiger partial charge in [0.2, 0.25) is 5.91 Å². The zero-order valence-electron chi connectivity index (χ0n) is 12.6. The molecule has 1 aliphatic carbocycles. The second-order valence-electron chi connectivity index (χ2n) is 7.75. The number of rotatable bonds is 2. The predicted molar refractivity (Wildman–Crippen MR) is 72.5 cm³/mol. The van der Waals surface area contributed by atoms with Crippen LogP contribution in [0.25, 0.3) is 0 Å². The highest BCUT2D eigenvalue weighted by Gasteiger charge is 2.66. The molecule has 0 bridgehead atoms. The molecule has 3 atom stereocenters. The Labute approximate surface area is 115 Å². The van der Waals surface area contributed by atoms with Crippen molar-refractivity contribution in [1.29, 1.82) is 0 Å². The lowest BCUT2D eigenvalue weighted by molar-refractivity contribution is -0.141. The third-order valence-corrected chi connectivity index (χ3v) is 5.08. The molecule has 0 aromatic carbocycles. The molecule has 4 heteroatoms. The maximum atomic E-state index is 12.5. The van der Waals surface area contributed by atoms with Gasteiger partial charge in [0.05, 0.1) is 11.8 Å². The molecule has 0 aromatic rings. The first kappa shape index (κ1) is 14.4. The summed E-state index contributed by atoms with van der Waals surface area (Å²) < 4.78 is 0.